The second-order valence-corrected chi connectivity index (χ2v) is 11.4. The van der Waals surface area contributed by atoms with Crippen LogP contribution >= 0.6 is 11.3 Å². The summed E-state index contributed by atoms with van der Waals surface area (Å²) >= 11 is 1.45. The van der Waals surface area contributed by atoms with Crippen LogP contribution in [-0.4, -0.2) is 56.1 Å². The standard InChI is InChI=1S/C22H31N3O4S2/c1-31(27,28)24-20-11-12-25(22-23-13-19(14-26)30-22)21(20)15-29-18-9-7-17(8-10-18)16-5-3-2-4-6-16/h2-6,13,17-18,20-21,24,26H,7-12,14-15H2,1H3/t17?,18?,20-,21-/m0/s1. The first-order valence-electron chi connectivity index (χ1n) is 10.9. The summed E-state index contributed by atoms with van der Waals surface area (Å²) in [5.74, 6) is 0.593. The van der Waals surface area contributed by atoms with E-state index in [1.807, 2.05) is 0 Å². The first-order chi connectivity index (χ1) is 14.9. The van der Waals surface area contributed by atoms with E-state index < -0.39 is 10.0 Å². The summed E-state index contributed by atoms with van der Waals surface area (Å²) in [5.41, 5.74) is 1.41. The van der Waals surface area contributed by atoms with Crippen LogP contribution in [0.1, 0.15) is 48.5 Å². The Bertz CT molecular complexity index is 943. The zero-order chi connectivity index (χ0) is 21.8. The molecule has 2 aliphatic rings. The molecule has 1 aromatic carbocycles. The number of hydrogen-bond donors (Lipinski definition) is 2. The number of thiazole rings is 1. The van der Waals surface area contributed by atoms with Gasteiger partial charge in [0.25, 0.3) is 0 Å². The zero-order valence-electron chi connectivity index (χ0n) is 17.8. The number of rotatable bonds is 8. The summed E-state index contributed by atoms with van der Waals surface area (Å²) < 4.78 is 32.9. The van der Waals surface area contributed by atoms with Gasteiger partial charge in [-0.2, -0.15) is 0 Å². The van der Waals surface area contributed by atoms with Gasteiger partial charge < -0.3 is 14.7 Å². The van der Waals surface area contributed by atoms with Crippen molar-refractivity contribution in [2.75, 3.05) is 24.3 Å². The SMILES string of the molecule is CS(=O)(=O)N[C@H]1CCN(c2ncc(CO)s2)[C@H]1COC1CCC(c2ccccc2)CC1. The number of aliphatic hydroxyl groups excluding tert-OH is 1. The predicted octanol–water partition coefficient (Wildman–Crippen LogP) is 2.87. The van der Waals surface area contributed by atoms with E-state index in [-0.39, 0.29) is 24.8 Å². The number of benzene rings is 1. The lowest BCUT2D eigenvalue weighted by Gasteiger charge is -2.32. The minimum Gasteiger partial charge on any atom is -0.391 e. The highest BCUT2D eigenvalue weighted by Gasteiger charge is 2.38. The van der Waals surface area contributed by atoms with Crippen molar-refractivity contribution in [2.24, 2.45) is 0 Å². The first kappa shape index (κ1) is 22.7. The Balaban J connectivity index is 1.38. The van der Waals surface area contributed by atoms with Crippen molar-refractivity contribution >= 4 is 26.5 Å². The van der Waals surface area contributed by atoms with Crippen LogP contribution in [0.15, 0.2) is 36.5 Å². The molecule has 2 heterocycles. The molecule has 1 aromatic heterocycles. The molecule has 1 saturated carbocycles. The van der Waals surface area contributed by atoms with Crippen molar-refractivity contribution in [3.05, 3.63) is 47.0 Å². The minimum atomic E-state index is -3.32. The van der Waals surface area contributed by atoms with Gasteiger partial charge in [-0.3, -0.25) is 0 Å². The highest BCUT2D eigenvalue weighted by Crippen LogP contribution is 2.35. The minimum absolute atomic E-state index is 0.0393. The summed E-state index contributed by atoms with van der Waals surface area (Å²) in [6.45, 7) is 1.13. The summed E-state index contributed by atoms with van der Waals surface area (Å²) in [6.07, 6.45) is 8.04. The number of nitrogens with one attached hydrogen (secondary N) is 1. The molecule has 1 aliphatic heterocycles. The molecule has 31 heavy (non-hydrogen) atoms. The van der Waals surface area contributed by atoms with Gasteiger partial charge in [0.2, 0.25) is 10.0 Å². The highest BCUT2D eigenvalue weighted by molar-refractivity contribution is 7.88. The quantitative estimate of drug-likeness (QED) is 0.623. The van der Waals surface area contributed by atoms with Crippen LogP contribution in [0.5, 0.6) is 0 Å². The number of ether oxygens (including phenoxy) is 1. The van der Waals surface area contributed by atoms with Crippen molar-refractivity contribution in [1.82, 2.24) is 9.71 Å². The Morgan fingerprint density at radius 3 is 2.58 bits per heavy atom. The number of sulfonamides is 1. The summed E-state index contributed by atoms with van der Waals surface area (Å²) in [7, 11) is -3.32. The number of aliphatic hydroxyl groups is 1. The first-order valence-corrected chi connectivity index (χ1v) is 13.6. The smallest absolute Gasteiger partial charge is 0.209 e. The summed E-state index contributed by atoms with van der Waals surface area (Å²) in [5, 5.41) is 10.2. The molecule has 1 aliphatic carbocycles. The molecule has 9 heteroatoms. The van der Waals surface area contributed by atoms with Crippen LogP contribution in [-0.2, 0) is 21.4 Å². The molecule has 1 saturated heterocycles. The Labute approximate surface area is 188 Å². The highest BCUT2D eigenvalue weighted by atomic mass is 32.2. The molecule has 4 rings (SSSR count). The Hall–Kier alpha value is -1.52. The van der Waals surface area contributed by atoms with Gasteiger partial charge in [-0.05, 0) is 43.6 Å². The molecule has 7 nitrogen and oxygen atoms in total. The number of aromatic nitrogens is 1. The lowest BCUT2D eigenvalue weighted by Crippen LogP contribution is -2.48. The maximum absolute atomic E-state index is 11.9. The fourth-order valence-electron chi connectivity index (χ4n) is 4.74. The van der Waals surface area contributed by atoms with Gasteiger partial charge in [-0.1, -0.05) is 41.7 Å². The van der Waals surface area contributed by atoms with Gasteiger partial charge >= 0.3 is 0 Å². The van der Waals surface area contributed by atoms with Crippen molar-refractivity contribution in [2.45, 2.75) is 62.8 Å². The van der Waals surface area contributed by atoms with Crippen LogP contribution in [0.25, 0.3) is 0 Å². The van der Waals surface area contributed by atoms with Gasteiger partial charge in [0.1, 0.15) is 0 Å². The van der Waals surface area contributed by atoms with E-state index in [0.717, 1.165) is 35.7 Å². The third-order valence-corrected chi connectivity index (χ3v) is 8.05. The molecule has 0 spiro atoms. The molecule has 2 N–H and O–H groups in total. The van der Waals surface area contributed by atoms with E-state index in [1.165, 1.54) is 23.2 Å². The topological polar surface area (TPSA) is 91.8 Å². The third kappa shape index (κ3) is 5.84. The maximum atomic E-state index is 11.9. The van der Waals surface area contributed by atoms with Gasteiger partial charge in [0.05, 0.1) is 36.5 Å². The van der Waals surface area contributed by atoms with E-state index >= 15 is 0 Å². The fourth-order valence-corrected chi connectivity index (χ4v) is 6.41. The molecule has 0 radical (unpaired) electrons. The molecule has 0 amide bonds. The number of nitrogens with zero attached hydrogens (tertiary/aromatic N) is 2. The van der Waals surface area contributed by atoms with E-state index in [4.69, 9.17) is 4.74 Å². The molecular formula is C22H31N3O4S2. The van der Waals surface area contributed by atoms with Crippen LogP contribution in [0.4, 0.5) is 5.13 Å². The fraction of sp³-hybridized carbons (Fsp3) is 0.591. The molecule has 2 aromatic rings. The molecule has 2 fully saturated rings. The largest absolute Gasteiger partial charge is 0.391 e. The molecule has 2 atom stereocenters. The normalized spacial score (nSPS) is 27.0. The molecular weight excluding hydrogens is 434 g/mol. The van der Waals surface area contributed by atoms with Gasteiger partial charge in [-0.15, -0.1) is 0 Å². The van der Waals surface area contributed by atoms with Crippen LogP contribution in [0.3, 0.4) is 0 Å². The zero-order valence-corrected chi connectivity index (χ0v) is 19.4. The van der Waals surface area contributed by atoms with E-state index in [0.29, 0.717) is 25.5 Å². The lowest BCUT2D eigenvalue weighted by atomic mass is 9.83. The average molecular weight is 466 g/mol. The maximum Gasteiger partial charge on any atom is 0.209 e. The van der Waals surface area contributed by atoms with E-state index in [2.05, 4.69) is 44.9 Å². The second kappa shape index (κ2) is 9.95. The monoisotopic (exact) mass is 465 g/mol. The Morgan fingerprint density at radius 1 is 1.19 bits per heavy atom. The van der Waals surface area contributed by atoms with E-state index in [9.17, 15) is 13.5 Å². The van der Waals surface area contributed by atoms with Crippen molar-refractivity contribution in [3.63, 3.8) is 0 Å². The van der Waals surface area contributed by atoms with Gasteiger partial charge in [0, 0.05) is 18.8 Å². The molecule has 0 unspecified atom stereocenters. The molecule has 170 valence electrons. The van der Waals surface area contributed by atoms with Crippen LogP contribution in [0, 0.1) is 0 Å². The average Bonchev–Trinajstić information content (AvgIpc) is 3.39. The van der Waals surface area contributed by atoms with Crippen molar-refractivity contribution < 1.29 is 18.3 Å². The van der Waals surface area contributed by atoms with Crippen LogP contribution in [0.2, 0.25) is 0 Å². The Morgan fingerprint density at radius 2 is 1.94 bits per heavy atom. The number of hydrogen-bond acceptors (Lipinski definition) is 7. The summed E-state index contributed by atoms with van der Waals surface area (Å²) in [4.78, 5) is 7.37. The van der Waals surface area contributed by atoms with Crippen LogP contribution < -0.4 is 9.62 Å². The van der Waals surface area contributed by atoms with Crippen molar-refractivity contribution in [3.8, 4) is 0 Å². The third-order valence-electron chi connectivity index (χ3n) is 6.30. The van der Waals surface area contributed by atoms with Crippen molar-refractivity contribution in [1.29, 1.82) is 0 Å². The predicted molar refractivity (Wildman–Crippen MR) is 123 cm³/mol. The van der Waals surface area contributed by atoms with E-state index in [1.54, 1.807) is 6.20 Å². The van der Waals surface area contributed by atoms with Gasteiger partial charge in [-0.25, -0.2) is 18.1 Å². The summed E-state index contributed by atoms with van der Waals surface area (Å²) in [6, 6.07) is 10.3. The Kier molecular flexibility index (Phi) is 7.28. The molecule has 0 bridgehead atoms. The lowest BCUT2D eigenvalue weighted by molar-refractivity contribution is 0.0157. The second-order valence-electron chi connectivity index (χ2n) is 8.53. The number of anilines is 1. The van der Waals surface area contributed by atoms with Gasteiger partial charge in [0.15, 0.2) is 5.13 Å².